The molecule has 0 aromatic heterocycles. The highest BCUT2D eigenvalue weighted by molar-refractivity contribution is 4.91. The van der Waals surface area contributed by atoms with Gasteiger partial charge < -0.3 is 10.0 Å². The molecule has 82 valence electrons. The standard InChI is InChI=1S/C11H22N2O/c1-10-6-8-13(9-10)11(14)5-4-7-12(2)3/h4-5,10-11,14H,6-9H2,1-3H3/b5-4+. The summed E-state index contributed by atoms with van der Waals surface area (Å²) in [6, 6.07) is 0. The van der Waals surface area contributed by atoms with Gasteiger partial charge in [-0.05, 0) is 32.5 Å². The molecule has 1 aliphatic heterocycles. The molecule has 0 aliphatic carbocycles. The second-order valence-corrected chi connectivity index (χ2v) is 4.49. The van der Waals surface area contributed by atoms with E-state index in [-0.39, 0.29) is 6.23 Å². The number of likely N-dealkylation sites (tertiary alicyclic amines) is 1. The number of rotatable bonds is 4. The van der Waals surface area contributed by atoms with Crippen LogP contribution in [0.25, 0.3) is 0 Å². The summed E-state index contributed by atoms with van der Waals surface area (Å²) in [6.45, 7) is 5.17. The van der Waals surface area contributed by atoms with E-state index in [1.54, 1.807) is 0 Å². The van der Waals surface area contributed by atoms with Gasteiger partial charge in [0.2, 0.25) is 0 Å². The van der Waals surface area contributed by atoms with Crippen molar-refractivity contribution in [3.63, 3.8) is 0 Å². The molecule has 1 rings (SSSR count). The fourth-order valence-electron chi connectivity index (χ4n) is 1.72. The predicted molar refractivity (Wildman–Crippen MR) is 59.1 cm³/mol. The Morgan fingerprint density at radius 2 is 2.29 bits per heavy atom. The molecule has 1 fully saturated rings. The van der Waals surface area contributed by atoms with E-state index in [4.69, 9.17) is 0 Å². The van der Waals surface area contributed by atoms with E-state index >= 15 is 0 Å². The zero-order valence-electron chi connectivity index (χ0n) is 9.48. The first-order valence-electron chi connectivity index (χ1n) is 5.33. The molecule has 0 radical (unpaired) electrons. The van der Waals surface area contributed by atoms with E-state index in [1.165, 1.54) is 6.42 Å². The molecule has 0 amide bonds. The quantitative estimate of drug-likeness (QED) is 0.676. The number of likely N-dealkylation sites (N-methyl/N-ethyl adjacent to an activating group) is 1. The molecular formula is C11H22N2O. The maximum absolute atomic E-state index is 9.80. The fourth-order valence-corrected chi connectivity index (χ4v) is 1.72. The molecule has 14 heavy (non-hydrogen) atoms. The molecule has 1 saturated heterocycles. The molecule has 2 atom stereocenters. The van der Waals surface area contributed by atoms with Crippen LogP contribution in [0.4, 0.5) is 0 Å². The number of aliphatic hydroxyl groups is 1. The molecule has 0 bridgehead atoms. The maximum Gasteiger partial charge on any atom is 0.126 e. The first kappa shape index (κ1) is 11.7. The zero-order valence-corrected chi connectivity index (χ0v) is 9.48. The van der Waals surface area contributed by atoms with Crippen LogP contribution in [0.3, 0.4) is 0 Å². The minimum Gasteiger partial charge on any atom is -0.375 e. The Morgan fingerprint density at radius 3 is 2.79 bits per heavy atom. The summed E-state index contributed by atoms with van der Waals surface area (Å²) in [4.78, 5) is 4.20. The lowest BCUT2D eigenvalue weighted by molar-refractivity contribution is 0.0584. The van der Waals surface area contributed by atoms with Gasteiger partial charge in [0.15, 0.2) is 0 Å². The number of hydrogen-bond donors (Lipinski definition) is 1. The summed E-state index contributed by atoms with van der Waals surface area (Å²) in [5.41, 5.74) is 0. The normalized spacial score (nSPS) is 26.5. The van der Waals surface area contributed by atoms with E-state index < -0.39 is 0 Å². The van der Waals surface area contributed by atoms with Gasteiger partial charge in [-0.3, -0.25) is 4.90 Å². The van der Waals surface area contributed by atoms with E-state index in [9.17, 15) is 5.11 Å². The Labute approximate surface area is 87.0 Å². The van der Waals surface area contributed by atoms with Gasteiger partial charge >= 0.3 is 0 Å². The largest absolute Gasteiger partial charge is 0.375 e. The fraction of sp³-hybridized carbons (Fsp3) is 0.818. The van der Waals surface area contributed by atoms with Gasteiger partial charge in [0.1, 0.15) is 6.23 Å². The van der Waals surface area contributed by atoms with Crippen LogP contribution in [-0.2, 0) is 0 Å². The minimum atomic E-state index is -0.389. The molecule has 0 aromatic rings. The van der Waals surface area contributed by atoms with Crippen LogP contribution in [-0.4, -0.2) is 54.9 Å². The highest BCUT2D eigenvalue weighted by Crippen LogP contribution is 2.16. The number of aliphatic hydroxyl groups excluding tert-OH is 1. The zero-order chi connectivity index (χ0) is 10.6. The Kier molecular flexibility index (Phi) is 4.58. The summed E-state index contributed by atoms with van der Waals surface area (Å²) in [6.07, 6.45) is 4.73. The lowest BCUT2D eigenvalue weighted by Gasteiger charge is -2.19. The highest BCUT2D eigenvalue weighted by atomic mass is 16.3. The summed E-state index contributed by atoms with van der Waals surface area (Å²) < 4.78 is 0. The molecule has 0 spiro atoms. The van der Waals surface area contributed by atoms with Crippen LogP contribution < -0.4 is 0 Å². The van der Waals surface area contributed by atoms with Crippen molar-refractivity contribution in [3.8, 4) is 0 Å². The molecular weight excluding hydrogens is 176 g/mol. The third-order valence-electron chi connectivity index (χ3n) is 2.61. The summed E-state index contributed by atoms with van der Waals surface area (Å²) >= 11 is 0. The molecule has 1 N–H and O–H groups in total. The van der Waals surface area contributed by atoms with Crippen LogP contribution in [0.1, 0.15) is 13.3 Å². The Morgan fingerprint density at radius 1 is 1.57 bits per heavy atom. The second-order valence-electron chi connectivity index (χ2n) is 4.49. The van der Waals surface area contributed by atoms with E-state index in [1.807, 2.05) is 26.2 Å². The van der Waals surface area contributed by atoms with Crippen LogP contribution in [0.15, 0.2) is 12.2 Å². The molecule has 1 heterocycles. The van der Waals surface area contributed by atoms with Gasteiger partial charge in [-0.1, -0.05) is 13.0 Å². The van der Waals surface area contributed by atoms with Crippen LogP contribution in [0.2, 0.25) is 0 Å². The maximum atomic E-state index is 9.80. The van der Waals surface area contributed by atoms with Crippen LogP contribution in [0.5, 0.6) is 0 Å². The summed E-state index contributed by atoms with van der Waals surface area (Å²) in [7, 11) is 4.04. The first-order chi connectivity index (χ1) is 6.59. The first-order valence-corrected chi connectivity index (χ1v) is 5.33. The van der Waals surface area contributed by atoms with Crippen molar-refractivity contribution in [2.75, 3.05) is 33.7 Å². The third-order valence-corrected chi connectivity index (χ3v) is 2.61. The van der Waals surface area contributed by atoms with Crippen LogP contribution in [0, 0.1) is 5.92 Å². The lowest BCUT2D eigenvalue weighted by atomic mass is 10.2. The SMILES string of the molecule is CC1CCN(C(O)/C=C/CN(C)C)C1. The van der Waals surface area contributed by atoms with Gasteiger partial charge in [-0.25, -0.2) is 0 Å². The van der Waals surface area contributed by atoms with Gasteiger partial charge in [-0.2, -0.15) is 0 Å². The second kappa shape index (κ2) is 5.49. The van der Waals surface area contributed by atoms with Gasteiger partial charge in [0.25, 0.3) is 0 Å². The topological polar surface area (TPSA) is 26.7 Å². The average Bonchev–Trinajstić information content (AvgIpc) is 2.51. The minimum absolute atomic E-state index is 0.389. The summed E-state index contributed by atoms with van der Waals surface area (Å²) in [5.74, 6) is 0.729. The highest BCUT2D eigenvalue weighted by Gasteiger charge is 2.22. The van der Waals surface area contributed by atoms with Crippen molar-refractivity contribution in [3.05, 3.63) is 12.2 Å². The molecule has 2 unspecified atom stereocenters. The Bertz CT molecular complexity index is 192. The van der Waals surface area contributed by atoms with Crippen molar-refractivity contribution >= 4 is 0 Å². The average molecular weight is 198 g/mol. The monoisotopic (exact) mass is 198 g/mol. The smallest absolute Gasteiger partial charge is 0.126 e. The number of nitrogens with zero attached hydrogens (tertiary/aromatic N) is 2. The van der Waals surface area contributed by atoms with E-state index in [2.05, 4.69) is 16.7 Å². The van der Waals surface area contributed by atoms with Crippen molar-refractivity contribution in [1.29, 1.82) is 0 Å². The molecule has 3 nitrogen and oxygen atoms in total. The van der Waals surface area contributed by atoms with Crippen molar-refractivity contribution < 1.29 is 5.11 Å². The number of hydrogen-bond acceptors (Lipinski definition) is 3. The molecule has 3 heteroatoms. The molecule has 0 aromatic carbocycles. The third kappa shape index (κ3) is 3.78. The van der Waals surface area contributed by atoms with Gasteiger partial charge in [0, 0.05) is 19.6 Å². The van der Waals surface area contributed by atoms with Crippen molar-refractivity contribution in [2.45, 2.75) is 19.6 Å². The Hall–Kier alpha value is -0.380. The molecule has 0 saturated carbocycles. The lowest BCUT2D eigenvalue weighted by Crippen LogP contribution is -2.31. The molecule has 1 aliphatic rings. The van der Waals surface area contributed by atoms with Crippen molar-refractivity contribution in [1.82, 2.24) is 9.80 Å². The van der Waals surface area contributed by atoms with E-state index in [0.717, 1.165) is 25.6 Å². The Balaban J connectivity index is 2.27. The van der Waals surface area contributed by atoms with Crippen molar-refractivity contribution in [2.24, 2.45) is 5.92 Å². The van der Waals surface area contributed by atoms with E-state index in [0.29, 0.717) is 0 Å². The summed E-state index contributed by atoms with van der Waals surface area (Å²) in [5, 5.41) is 9.80. The van der Waals surface area contributed by atoms with Gasteiger partial charge in [0.05, 0.1) is 0 Å². The van der Waals surface area contributed by atoms with Gasteiger partial charge in [-0.15, -0.1) is 0 Å². The van der Waals surface area contributed by atoms with Crippen LogP contribution >= 0.6 is 0 Å². The predicted octanol–water partition coefficient (Wildman–Crippen LogP) is 0.764.